The van der Waals surface area contributed by atoms with E-state index in [2.05, 4.69) is 0 Å². The Labute approximate surface area is 107 Å². The predicted molar refractivity (Wildman–Crippen MR) is 67.6 cm³/mol. The van der Waals surface area contributed by atoms with E-state index >= 15 is 0 Å². The Morgan fingerprint density at radius 1 is 1.35 bits per heavy atom. The second kappa shape index (κ2) is 5.12. The molecule has 0 unspecified atom stereocenters. The van der Waals surface area contributed by atoms with Crippen LogP contribution in [0.4, 0.5) is 0 Å². The third kappa shape index (κ3) is 2.65. The van der Waals surface area contributed by atoms with Gasteiger partial charge in [0.2, 0.25) is 6.79 Å². The Hall–Kier alpha value is -0.970. The normalized spacial score (nSPS) is 15.3. The molecular formula is C12H18ClNO3. The van der Waals surface area contributed by atoms with E-state index in [4.69, 9.17) is 15.2 Å². The van der Waals surface area contributed by atoms with Gasteiger partial charge >= 0.3 is 0 Å². The molecule has 0 saturated carbocycles. The molecular weight excluding hydrogens is 242 g/mol. The number of ether oxygens (including phenoxy) is 2. The molecule has 96 valence electrons. The summed E-state index contributed by atoms with van der Waals surface area (Å²) in [5.74, 6) is 1.47. The Bertz CT molecular complexity index is 395. The zero-order valence-electron chi connectivity index (χ0n) is 9.97. The van der Waals surface area contributed by atoms with E-state index in [1.54, 1.807) is 0 Å². The predicted octanol–water partition coefficient (Wildman–Crippen LogP) is 1.86. The van der Waals surface area contributed by atoms with Crippen LogP contribution in [0.2, 0.25) is 0 Å². The summed E-state index contributed by atoms with van der Waals surface area (Å²) in [7, 11) is 0. The van der Waals surface area contributed by atoms with Crippen molar-refractivity contribution in [2.75, 3.05) is 13.4 Å². The average molecular weight is 260 g/mol. The zero-order chi connectivity index (χ0) is 11.8. The molecule has 1 aromatic carbocycles. The molecule has 1 aromatic rings. The van der Waals surface area contributed by atoms with Crippen LogP contribution in [0.3, 0.4) is 0 Å². The molecule has 0 aromatic heterocycles. The Balaban J connectivity index is 0.00000144. The molecule has 1 atom stereocenters. The number of hydrogen-bond acceptors (Lipinski definition) is 4. The number of benzene rings is 1. The molecule has 0 fully saturated rings. The SMILES string of the molecule is CC(C)(CO)[C@@H](N)c1ccc2c(c1)OCO2.Cl. The highest BCUT2D eigenvalue weighted by molar-refractivity contribution is 5.85. The van der Waals surface area contributed by atoms with Gasteiger partial charge in [-0.3, -0.25) is 0 Å². The minimum atomic E-state index is -0.353. The molecule has 17 heavy (non-hydrogen) atoms. The molecule has 1 aliphatic heterocycles. The Morgan fingerprint density at radius 2 is 2.00 bits per heavy atom. The molecule has 0 saturated heterocycles. The van der Waals surface area contributed by atoms with Crippen LogP contribution in [-0.4, -0.2) is 18.5 Å². The van der Waals surface area contributed by atoms with Gasteiger partial charge in [-0.15, -0.1) is 12.4 Å². The number of aliphatic hydroxyl groups excluding tert-OH is 1. The van der Waals surface area contributed by atoms with Crippen molar-refractivity contribution < 1.29 is 14.6 Å². The highest BCUT2D eigenvalue weighted by Crippen LogP contribution is 2.37. The lowest BCUT2D eigenvalue weighted by Crippen LogP contribution is -2.32. The molecule has 2 rings (SSSR count). The van der Waals surface area contributed by atoms with Crippen molar-refractivity contribution in [1.29, 1.82) is 0 Å². The quantitative estimate of drug-likeness (QED) is 0.870. The first-order valence-corrected chi connectivity index (χ1v) is 5.30. The van der Waals surface area contributed by atoms with Crippen molar-refractivity contribution in [3.63, 3.8) is 0 Å². The summed E-state index contributed by atoms with van der Waals surface area (Å²) >= 11 is 0. The third-order valence-electron chi connectivity index (χ3n) is 3.01. The second-order valence-corrected chi connectivity index (χ2v) is 4.74. The second-order valence-electron chi connectivity index (χ2n) is 4.74. The van der Waals surface area contributed by atoms with Crippen LogP contribution in [0.15, 0.2) is 18.2 Å². The van der Waals surface area contributed by atoms with Crippen molar-refractivity contribution in [3.8, 4) is 11.5 Å². The molecule has 0 radical (unpaired) electrons. The van der Waals surface area contributed by atoms with Crippen molar-refractivity contribution in [3.05, 3.63) is 23.8 Å². The number of fused-ring (bicyclic) bond motifs is 1. The lowest BCUT2D eigenvalue weighted by atomic mass is 9.82. The molecule has 0 amide bonds. The smallest absolute Gasteiger partial charge is 0.231 e. The number of aliphatic hydroxyl groups is 1. The first-order chi connectivity index (χ1) is 7.54. The van der Waals surface area contributed by atoms with Crippen molar-refractivity contribution in [2.45, 2.75) is 19.9 Å². The van der Waals surface area contributed by atoms with Crippen LogP contribution in [0.5, 0.6) is 11.5 Å². The molecule has 3 N–H and O–H groups in total. The molecule has 1 heterocycles. The van der Waals surface area contributed by atoms with Crippen LogP contribution in [-0.2, 0) is 0 Å². The first-order valence-electron chi connectivity index (χ1n) is 5.30. The maximum Gasteiger partial charge on any atom is 0.231 e. The van der Waals surface area contributed by atoms with Gasteiger partial charge in [-0.05, 0) is 17.7 Å². The van der Waals surface area contributed by atoms with Gasteiger partial charge in [0.05, 0.1) is 0 Å². The van der Waals surface area contributed by atoms with Crippen molar-refractivity contribution >= 4 is 12.4 Å². The third-order valence-corrected chi connectivity index (χ3v) is 3.01. The van der Waals surface area contributed by atoms with Gasteiger partial charge < -0.3 is 20.3 Å². The van der Waals surface area contributed by atoms with Gasteiger partial charge in [0.1, 0.15) is 0 Å². The number of halogens is 1. The van der Waals surface area contributed by atoms with Crippen LogP contribution in [0.25, 0.3) is 0 Å². The van der Waals surface area contributed by atoms with Gasteiger partial charge in [0, 0.05) is 18.1 Å². The topological polar surface area (TPSA) is 64.7 Å². The zero-order valence-corrected chi connectivity index (χ0v) is 10.8. The fraction of sp³-hybridized carbons (Fsp3) is 0.500. The largest absolute Gasteiger partial charge is 0.454 e. The molecule has 5 heteroatoms. The minimum Gasteiger partial charge on any atom is -0.454 e. The van der Waals surface area contributed by atoms with Crippen molar-refractivity contribution in [2.24, 2.45) is 11.1 Å². The molecule has 0 bridgehead atoms. The summed E-state index contributed by atoms with van der Waals surface area (Å²) in [5, 5.41) is 9.28. The fourth-order valence-electron chi connectivity index (χ4n) is 1.66. The monoisotopic (exact) mass is 259 g/mol. The summed E-state index contributed by atoms with van der Waals surface area (Å²) in [4.78, 5) is 0. The first kappa shape index (κ1) is 14.1. The molecule has 4 nitrogen and oxygen atoms in total. The summed E-state index contributed by atoms with van der Waals surface area (Å²) in [6.07, 6.45) is 0. The van der Waals surface area contributed by atoms with Gasteiger partial charge in [0.15, 0.2) is 11.5 Å². The Morgan fingerprint density at radius 3 is 2.65 bits per heavy atom. The molecule has 0 spiro atoms. The standard InChI is InChI=1S/C12H17NO3.ClH/c1-12(2,6-14)11(13)8-3-4-9-10(5-8)16-7-15-9;/h3-5,11,14H,6-7,13H2,1-2H3;1H/t11-;/m0./s1. The number of nitrogens with two attached hydrogens (primary N) is 1. The summed E-state index contributed by atoms with van der Waals surface area (Å²) in [6.45, 7) is 4.17. The van der Waals surface area contributed by atoms with E-state index < -0.39 is 0 Å². The Kier molecular flexibility index (Phi) is 4.25. The van der Waals surface area contributed by atoms with E-state index in [9.17, 15) is 5.11 Å². The van der Waals surface area contributed by atoms with Gasteiger partial charge in [-0.25, -0.2) is 0 Å². The minimum absolute atomic E-state index is 0. The van der Waals surface area contributed by atoms with E-state index in [0.29, 0.717) is 0 Å². The van der Waals surface area contributed by atoms with Crippen LogP contribution < -0.4 is 15.2 Å². The average Bonchev–Trinajstić information content (AvgIpc) is 2.74. The fourth-order valence-corrected chi connectivity index (χ4v) is 1.66. The maximum atomic E-state index is 9.28. The van der Waals surface area contributed by atoms with Crippen LogP contribution >= 0.6 is 12.4 Å². The maximum absolute atomic E-state index is 9.28. The summed E-state index contributed by atoms with van der Waals surface area (Å²) in [5.41, 5.74) is 6.72. The van der Waals surface area contributed by atoms with E-state index in [-0.39, 0.29) is 37.3 Å². The van der Waals surface area contributed by atoms with Crippen LogP contribution in [0, 0.1) is 5.41 Å². The molecule has 1 aliphatic rings. The number of rotatable bonds is 3. The highest BCUT2D eigenvalue weighted by Gasteiger charge is 2.28. The van der Waals surface area contributed by atoms with Crippen molar-refractivity contribution in [1.82, 2.24) is 0 Å². The lowest BCUT2D eigenvalue weighted by Gasteiger charge is -2.29. The highest BCUT2D eigenvalue weighted by atomic mass is 35.5. The van der Waals surface area contributed by atoms with Crippen LogP contribution in [0.1, 0.15) is 25.5 Å². The van der Waals surface area contributed by atoms with Gasteiger partial charge in [-0.1, -0.05) is 19.9 Å². The number of hydrogen-bond donors (Lipinski definition) is 2. The van der Waals surface area contributed by atoms with Gasteiger partial charge in [0.25, 0.3) is 0 Å². The lowest BCUT2D eigenvalue weighted by molar-refractivity contribution is 0.132. The summed E-state index contributed by atoms with van der Waals surface area (Å²) in [6, 6.07) is 5.41. The van der Waals surface area contributed by atoms with E-state index in [1.807, 2.05) is 32.0 Å². The van der Waals surface area contributed by atoms with E-state index in [0.717, 1.165) is 17.1 Å². The van der Waals surface area contributed by atoms with Gasteiger partial charge in [-0.2, -0.15) is 0 Å². The summed E-state index contributed by atoms with van der Waals surface area (Å²) < 4.78 is 10.5. The van der Waals surface area contributed by atoms with E-state index in [1.165, 1.54) is 0 Å². The molecule has 0 aliphatic carbocycles.